The summed E-state index contributed by atoms with van der Waals surface area (Å²) in [6.45, 7) is 17.9. The monoisotopic (exact) mass is 746 g/mol. The third kappa shape index (κ3) is 9.44. The zero-order chi connectivity index (χ0) is 33.1. The second-order valence-corrected chi connectivity index (χ2v) is 15.2. The van der Waals surface area contributed by atoms with Gasteiger partial charge in [-0.3, -0.25) is 6.08 Å². The van der Waals surface area contributed by atoms with E-state index < -0.39 is 0 Å². The fourth-order valence-electron chi connectivity index (χ4n) is 6.17. The van der Waals surface area contributed by atoms with E-state index in [1.54, 1.807) is 0 Å². The Hall–Kier alpha value is -2.83. The first kappa shape index (κ1) is 39.6. The van der Waals surface area contributed by atoms with Gasteiger partial charge >= 0.3 is 86.7 Å². The molecule has 0 nitrogen and oxygen atoms in total. The van der Waals surface area contributed by atoms with Crippen LogP contribution in [0, 0.1) is 18.1 Å². The van der Waals surface area contributed by atoms with Gasteiger partial charge in [-0.2, -0.15) is 35.4 Å². The molecule has 0 aliphatic heterocycles. The fraction of sp³-hybridized carbons (Fsp3) is 0.267. The Morgan fingerprint density at radius 1 is 0.729 bits per heavy atom. The number of benzene rings is 5. The van der Waals surface area contributed by atoms with Gasteiger partial charge in [-0.05, 0) is 28.4 Å². The summed E-state index contributed by atoms with van der Waals surface area (Å²) in [7, 11) is 0. The molecule has 2 aliphatic carbocycles. The summed E-state index contributed by atoms with van der Waals surface area (Å²) < 4.78 is 2.23. The van der Waals surface area contributed by atoms with Crippen molar-refractivity contribution in [1.82, 2.24) is 0 Å². The SMILES string of the molecule is CC(C)(C)c1[c-]c2c(cc1)-c1ccc(C(C)(C)C)cc1C2.CC1=[C-]C(C)C=C1c1ccccc1.[Cl-].[Cl-].[Zr+2]=[CH]c1cccc2ccccc12. The zero-order valence-corrected chi connectivity index (χ0v) is 33.5. The van der Waals surface area contributed by atoms with Gasteiger partial charge in [0.15, 0.2) is 0 Å². The van der Waals surface area contributed by atoms with Gasteiger partial charge in [-0.25, -0.2) is 5.57 Å². The van der Waals surface area contributed by atoms with Crippen LogP contribution in [-0.4, -0.2) is 3.71 Å². The van der Waals surface area contributed by atoms with Crippen molar-refractivity contribution >= 4 is 20.1 Å². The average Bonchev–Trinajstić information content (AvgIpc) is 3.58. The van der Waals surface area contributed by atoms with Crippen molar-refractivity contribution in [2.24, 2.45) is 5.92 Å². The molecule has 5 aromatic carbocycles. The fourth-order valence-corrected chi connectivity index (χ4v) is 6.79. The Kier molecular flexibility index (Phi) is 13.8. The molecule has 0 spiro atoms. The predicted molar refractivity (Wildman–Crippen MR) is 196 cm³/mol. The number of hydrogen-bond acceptors (Lipinski definition) is 0. The van der Waals surface area contributed by atoms with Crippen LogP contribution in [0.5, 0.6) is 0 Å². The second kappa shape index (κ2) is 16.7. The number of halogens is 2. The Morgan fingerprint density at radius 2 is 1.38 bits per heavy atom. The molecule has 0 N–H and O–H groups in total. The molecule has 0 saturated carbocycles. The molecule has 2 aliphatic rings. The molecular weight excluding hydrogens is 703 g/mol. The molecule has 1 unspecified atom stereocenters. The zero-order valence-electron chi connectivity index (χ0n) is 29.5. The van der Waals surface area contributed by atoms with Crippen molar-refractivity contribution in [2.75, 3.05) is 0 Å². The Labute approximate surface area is 316 Å². The first-order valence-corrected chi connectivity index (χ1v) is 17.8. The van der Waals surface area contributed by atoms with Gasteiger partial charge < -0.3 is 24.8 Å². The molecule has 0 fully saturated rings. The van der Waals surface area contributed by atoms with Gasteiger partial charge in [-0.15, -0.1) is 16.7 Å². The average molecular weight is 749 g/mol. The van der Waals surface area contributed by atoms with Crippen LogP contribution >= 0.6 is 0 Å². The van der Waals surface area contributed by atoms with Gasteiger partial charge in [0.25, 0.3) is 0 Å². The quantitative estimate of drug-likeness (QED) is 0.201. The van der Waals surface area contributed by atoms with Crippen LogP contribution < -0.4 is 24.8 Å². The number of rotatable bonds is 2. The number of hydrogen-bond donors (Lipinski definition) is 0. The number of allylic oxidation sites excluding steroid dienone is 4. The molecule has 0 radical (unpaired) electrons. The van der Waals surface area contributed by atoms with Crippen molar-refractivity contribution in [3.8, 4) is 11.1 Å². The summed E-state index contributed by atoms with van der Waals surface area (Å²) in [5.74, 6) is 0.468. The van der Waals surface area contributed by atoms with E-state index in [0.717, 1.165) is 6.42 Å². The van der Waals surface area contributed by atoms with Gasteiger partial charge in [0, 0.05) is 0 Å². The van der Waals surface area contributed by atoms with Crippen molar-refractivity contribution in [3.05, 3.63) is 160 Å². The van der Waals surface area contributed by atoms with Crippen LogP contribution in [0.2, 0.25) is 0 Å². The van der Waals surface area contributed by atoms with Gasteiger partial charge in [0.05, 0.1) is 0 Å². The molecule has 7 rings (SSSR count). The van der Waals surface area contributed by atoms with E-state index in [1.165, 1.54) is 90.7 Å². The minimum atomic E-state index is 0. The summed E-state index contributed by atoms with van der Waals surface area (Å²) in [5.41, 5.74) is 14.0. The van der Waals surface area contributed by atoms with Gasteiger partial charge in [0.2, 0.25) is 0 Å². The molecule has 5 aromatic rings. The second-order valence-electron chi connectivity index (χ2n) is 14.5. The first-order chi connectivity index (χ1) is 21.8. The minimum absolute atomic E-state index is 0. The van der Waals surface area contributed by atoms with E-state index in [0.29, 0.717) is 5.92 Å². The Balaban J connectivity index is 0.000000202. The third-order valence-electron chi connectivity index (χ3n) is 8.79. The normalized spacial score (nSPS) is 14.4. The number of fused-ring (bicyclic) bond motifs is 4. The van der Waals surface area contributed by atoms with Crippen LogP contribution in [-0.2, 0) is 41.5 Å². The maximum atomic E-state index is 3.67. The summed E-state index contributed by atoms with van der Waals surface area (Å²) in [6.07, 6.45) is 6.68. The molecule has 0 heterocycles. The predicted octanol–water partition coefficient (Wildman–Crippen LogP) is 5.67. The standard InChI is InChI=1S/C21H25.C13H13.C11H8.2ClH.Zr/c1-20(2,3)16-7-9-18-14(12-16)11-15-13-17(21(4,5)6)8-10-19(15)18;1-10-8-11(2)13(9-10)12-6-4-3-5-7-12;1-9-5-4-7-10-6-2-3-8-11(9)10;;;/h7-10,12H,11H2,1-6H3;3-7,9-10H,1-2H3;1-8H;2*1H;/q2*-1;;;;+2/p-2. The summed E-state index contributed by atoms with van der Waals surface area (Å²) in [6, 6.07) is 40.6. The molecule has 246 valence electrons. The van der Waals surface area contributed by atoms with E-state index in [1.807, 2.05) is 6.07 Å². The third-order valence-corrected chi connectivity index (χ3v) is 9.56. The summed E-state index contributed by atoms with van der Waals surface area (Å²) in [4.78, 5) is 0. The van der Waals surface area contributed by atoms with E-state index in [-0.39, 0.29) is 35.6 Å². The molecule has 3 heteroatoms. The van der Waals surface area contributed by atoms with Crippen molar-refractivity contribution in [1.29, 1.82) is 0 Å². The molecule has 1 atom stereocenters. The molecule has 0 aromatic heterocycles. The van der Waals surface area contributed by atoms with Crippen molar-refractivity contribution in [2.45, 2.75) is 72.6 Å². The maximum absolute atomic E-state index is 3.67. The summed E-state index contributed by atoms with van der Waals surface area (Å²) in [5, 5.41) is 2.69. The Morgan fingerprint density at radius 3 is 2.00 bits per heavy atom. The summed E-state index contributed by atoms with van der Waals surface area (Å²) >= 11 is 1.46. The van der Waals surface area contributed by atoms with E-state index in [9.17, 15) is 0 Å². The van der Waals surface area contributed by atoms with Crippen molar-refractivity contribution < 1.29 is 49.0 Å². The van der Waals surface area contributed by atoms with Gasteiger partial charge in [0.1, 0.15) is 0 Å². The van der Waals surface area contributed by atoms with Crippen LogP contribution in [0.3, 0.4) is 0 Å². The van der Waals surface area contributed by atoms with Crippen LogP contribution in [0.4, 0.5) is 0 Å². The Bertz CT molecular complexity index is 1850. The van der Waals surface area contributed by atoms with Crippen LogP contribution in [0.25, 0.3) is 27.5 Å². The van der Waals surface area contributed by atoms with Gasteiger partial charge in [-0.1, -0.05) is 115 Å². The molecule has 48 heavy (non-hydrogen) atoms. The molecule has 0 saturated heterocycles. The van der Waals surface area contributed by atoms with Crippen LogP contribution in [0.1, 0.15) is 88.8 Å². The van der Waals surface area contributed by atoms with E-state index in [4.69, 9.17) is 0 Å². The van der Waals surface area contributed by atoms with Crippen LogP contribution in [0.15, 0.2) is 115 Å². The first-order valence-electron chi connectivity index (χ1n) is 16.4. The molecule has 0 bridgehead atoms. The van der Waals surface area contributed by atoms with Crippen molar-refractivity contribution in [3.63, 3.8) is 0 Å². The van der Waals surface area contributed by atoms with E-state index in [2.05, 4.69) is 174 Å². The topological polar surface area (TPSA) is 0 Å². The molecule has 0 amide bonds. The van der Waals surface area contributed by atoms with E-state index >= 15 is 0 Å². The molecular formula is C45H46Cl2Zr-2.